The van der Waals surface area contributed by atoms with Gasteiger partial charge in [-0.3, -0.25) is 4.79 Å². The van der Waals surface area contributed by atoms with Crippen molar-refractivity contribution in [2.75, 3.05) is 0 Å². The summed E-state index contributed by atoms with van der Waals surface area (Å²) in [6, 6.07) is 17.1. The molecule has 2 aromatic carbocycles. The number of aldehydes is 1. The number of alkyl halides is 3. The molecule has 1 aliphatic rings. The molecular weight excluding hydrogens is 345 g/mol. The first-order chi connectivity index (χ1) is 12.0. The van der Waals surface area contributed by atoms with Crippen molar-refractivity contribution in [1.82, 2.24) is 0 Å². The minimum absolute atomic E-state index is 0.111. The fourth-order valence-corrected chi connectivity index (χ4v) is 3.56. The lowest BCUT2D eigenvalue weighted by atomic mass is 10.0. The fraction of sp³-hybridized carbons (Fsp3) is 0.0500. The highest BCUT2D eigenvalue weighted by Gasteiger charge is 2.38. The van der Waals surface area contributed by atoms with Crippen LogP contribution in [-0.2, 0) is 4.79 Å². The molecule has 1 nitrogen and oxygen atoms in total. The van der Waals surface area contributed by atoms with Gasteiger partial charge in [-0.2, -0.15) is 13.2 Å². The Bertz CT molecular complexity index is 863. The number of hydrogen-bond acceptors (Lipinski definition) is 2. The van der Waals surface area contributed by atoms with Crippen molar-refractivity contribution in [1.29, 1.82) is 0 Å². The molecule has 0 amide bonds. The van der Waals surface area contributed by atoms with E-state index in [1.54, 1.807) is 66.7 Å². The molecule has 0 aliphatic carbocycles. The normalized spacial score (nSPS) is 16.8. The van der Waals surface area contributed by atoms with E-state index in [4.69, 9.17) is 0 Å². The highest BCUT2D eigenvalue weighted by atomic mass is 32.2. The topological polar surface area (TPSA) is 17.1 Å². The Morgan fingerprint density at radius 1 is 0.880 bits per heavy atom. The second kappa shape index (κ2) is 7.15. The van der Waals surface area contributed by atoms with Gasteiger partial charge in [-0.05, 0) is 17.2 Å². The SMILES string of the molecule is O=C/C(=C1/C=CC(c2ccccc2)=C(C(F)(F)F)S1)c1ccccc1. The number of thioether (sulfide) groups is 1. The molecule has 1 heterocycles. The zero-order valence-corrected chi connectivity index (χ0v) is 13.8. The van der Waals surface area contributed by atoms with Gasteiger partial charge in [-0.15, -0.1) is 0 Å². The van der Waals surface area contributed by atoms with Crippen molar-refractivity contribution >= 4 is 29.2 Å². The third kappa shape index (κ3) is 3.77. The lowest BCUT2D eigenvalue weighted by Crippen LogP contribution is -2.13. The van der Waals surface area contributed by atoms with Gasteiger partial charge < -0.3 is 0 Å². The maximum atomic E-state index is 13.6. The van der Waals surface area contributed by atoms with Crippen molar-refractivity contribution in [3.05, 3.63) is 93.8 Å². The van der Waals surface area contributed by atoms with Crippen LogP contribution in [0.2, 0.25) is 0 Å². The summed E-state index contributed by atoms with van der Waals surface area (Å²) in [6.07, 6.45) is -0.907. The summed E-state index contributed by atoms with van der Waals surface area (Å²) < 4.78 is 40.8. The molecule has 0 bridgehead atoms. The maximum Gasteiger partial charge on any atom is 0.423 e. The summed E-state index contributed by atoms with van der Waals surface area (Å²) in [5.41, 5.74) is 1.44. The minimum Gasteiger partial charge on any atom is -0.298 e. The van der Waals surface area contributed by atoms with Crippen molar-refractivity contribution < 1.29 is 18.0 Å². The van der Waals surface area contributed by atoms with Gasteiger partial charge in [0.05, 0.1) is 0 Å². The van der Waals surface area contributed by atoms with E-state index in [1.807, 2.05) is 0 Å². The molecule has 3 rings (SSSR count). The summed E-state index contributed by atoms with van der Waals surface area (Å²) in [5.74, 6) is 0. The summed E-state index contributed by atoms with van der Waals surface area (Å²) in [4.78, 5) is 11.1. The van der Waals surface area contributed by atoms with Crippen LogP contribution in [0.4, 0.5) is 13.2 Å². The number of carbonyl (C=O) groups excluding carboxylic acids is 1. The van der Waals surface area contributed by atoms with E-state index in [0.717, 1.165) is 0 Å². The van der Waals surface area contributed by atoms with Crippen molar-refractivity contribution in [2.45, 2.75) is 6.18 Å². The smallest absolute Gasteiger partial charge is 0.298 e. The quantitative estimate of drug-likeness (QED) is 0.504. The van der Waals surface area contributed by atoms with Crippen molar-refractivity contribution in [3.63, 3.8) is 0 Å². The highest BCUT2D eigenvalue weighted by Crippen LogP contribution is 2.48. The number of allylic oxidation sites excluding steroid dienone is 5. The Morgan fingerprint density at radius 2 is 1.48 bits per heavy atom. The second-order valence-corrected chi connectivity index (χ2v) is 6.36. The van der Waals surface area contributed by atoms with Gasteiger partial charge in [0, 0.05) is 16.1 Å². The molecule has 1 aliphatic heterocycles. The fourth-order valence-electron chi connectivity index (χ4n) is 2.52. The predicted octanol–water partition coefficient (Wildman–Crippen LogP) is 5.87. The first kappa shape index (κ1) is 17.3. The van der Waals surface area contributed by atoms with Gasteiger partial charge in [0.1, 0.15) is 4.91 Å². The summed E-state index contributed by atoms with van der Waals surface area (Å²) in [6.45, 7) is 0. The molecule has 0 radical (unpaired) electrons. The van der Waals surface area contributed by atoms with E-state index in [0.29, 0.717) is 29.2 Å². The molecule has 0 atom stereocenters. The van der Waals surface area contributed by atoms with E-state index in [-0.39, 0.29) is 16.1 Å². The first-order valence-corrected chi connectivity index (χ1v) is 8.30. The van der Waals surface area contributed by atoms with Crippen LogP contribution in [0, 0.1) is 0 Å². The number of benzene rings is 2. The van der Waals surface area contributed by atoms with Crippen LogP contribution in [-0.4, -0.2) is 12.5 Å². The Balaban J connectivity index is 2.11. The Morgan fingerprint density at radius 3 is 2.04 bits per heavy atom. The van der Waals surface area contributed by atoms with Crippen LogP contribution < -0.4 is 0 Å². The molecular formula is C20H13F3OS. The third-order valence-electron chi connectivity index (χ3n) is 3.67. The highest BCUT2D eigenvalue weighted by molar-refractivity contribution is 8.07. The van der Waals surface area contributed by atoms with Crippen molar-refractivity contribution in [3.8, 4) is 0 Å². The standard InChI is InChI=1S/C20H13F3OS/c21-20(22,23)19-16(14-7-3-1-4-8-14)11-12-18(25-19)17(13-24)15-9-5-2-6-10-15/h1-13H/b18-17+. The largest absolute Gasteiger partial charge is 0.423 e. The minimum atomic E-state index is -4.50. The van der Waals surface area contributed by atoms with Gasteiger partial charge in [0.15, 0.2) is 6.29 Å². The number of halogens is 3. The van der Waals surface area contributed by atoms with Crippen LogP contribution in [0.25, 0.3) is 11.1 Å². The number of rotatable bonds is 3. The zero-order chi connectivity index (χ0) is 17.9. The molecule has 0 fully saturated rings. The van der Waals surface area contributed by atoms with Gasteiger partial charge >= 0.3 is 6.18 Å². The van der Waals surface area contributed by atoms with E-state index in [1.165, 1.54) is 6.08 Å². The van der Waals surface area contributed by atoms with Gasteiger partial charge in [0.2, 0.25) is 0 Å². The van der Waals surface area contributed by atoms with Crippen LogP contribution in [0.3, 0.4) is 0 Å². The van der Waals surface area contributed by atoms with Gasteiger partial charge in [0.25, 0.3) is 0 Å². The molecule has 0 aromatic heterocycles. The van der Waals surface area contributed by atoms with E-state index >= 15 is 0 Å². The molecule has 0 saturated heterocycles. The molecule has 0 N–H and O–H groups in total. The van der Waals surface area contributed by atoms with Gasteiger partial charge in [-0.25, -0.2) is 0 Å². The molecule has 0 spiro atoms. The van der Waals surface area contributed by atoms with E-state index in [2.05, 4.69) is 0 Å². The molecule has 5 heteroatoms. The number of carbonyl (C=O) groups is 1. The predicted molar refractivity (Wildman–Crippen MR) is 95.6 cm³/mol. The summed E-state index contributed by atoms with van der Waals surface area (Å²) in [5, 5.41) is 0. The average molecular weight is 358 g/mol. The molecule has 2 aromatic rings. The summed E-state index contributed by atoms with van der Waals surface area (Å²) >= 11 is 0.585. The monoisotopic (exact) mass is 358 g/mol. The average Bonchev–Trinajstić information content (AvgIpc) is 2.63. The Labute approximate surface area is 147 Å². The van der Waals surface area contributed by atoms with Crippen LogP contribution >= 0.6 is 11.8 Å². The van der Waals surface area contributed by atoms with Crippen LogP contribution in [0.15, 0.2) is 82.6 Å². The molecule has 25 heavy (non-hydrogen) atoms. The second-order valence-electron chi connectivity index (χ2n) is 5.30. The molecule has 0 saturated carbocycles. The lowest BCUT2D eigenvalue weighted by molar-refractivity contribution is -0.103. The van der Waals surface area contributed by atoms with Crippen LogP contribution in [0.1, 0.15) is 11.1 Å². The third-order valence-corrected chi connectivity index (χ3v) is 4.90. The van der Waals surface area contributed by atoms with E-state index in [9.17, 15) is 18.0 Å². The van der Waals surface area contributed by atoms with Gasteiger partial charge in [-0.1, -0.05) is 78.5 Å². The maximum absolute atomic E-state index is 13.6. The Hall–Kier alpha value is -2.53. The summed E-state index contributed by atoms with van der Waals surface area (Å²) in [7, 11) is 0. The van der Waals surface area contributed by atoms with Crippen LogP contribution in [0.5, 0.6) is 0 Å². The molecule has 126 valence electrons. The zero-order valence-electron chi connectivity index (χ0n) is 13.0. The first-order valence-electron chi connectivity index (χ1n) is 7.48. The lowest BCUT2D eigenvalue weighted by Gasteiger charge is -2.21. The van der Waals surface area contributed by atoms with E-state index < -0.39 is 11.1 Å². The Kier molecular flexibility index (Phi) is 4.95. The number of hydrogen-bond donors (Lipinski definition) is 0. The molecule has 0 unspecified atom stereocenters. The van der Waals surface area contributed by atoms with Crippen molar-refractivity contribution in [2.24, 2.45) is 0 Å².